The van der Waals surface area contributed by atoms with Crippen molar-refractivity contribution in [3.63, 3.8) is 0 Å². The molecule has 0 amide bonds. The van der Waals surface area contributed by atoms with E-state index < -0.39 is 19.1 Å². The summed E-state index contributed by atoms with van der Waals surface area (Å²) in [4.78, 5) is 0. The Morgan fingerprint density at radius 2 is 1.80 bits per heavy atom. The Balaban J connectivity index is 0.00000196. The molecule has 0 aromatic carbocycles. The Labute approximate surface area is 128 Å². The van der Waals surface area contributed by atoms with Crippen molar-refractivity contribution in [2.75, 3.05) is 6.67 Å². The molecule has 0 saturated carbocycles. The molecule has 1 rings (SSSR count). The fourth-order valence-corrected chi connectivity index (χ4v) is 1.48. The van der Waals surface area contributed by atoms with Crippen LogP contribution in [0.4, 0.5) is 17.3 Å². The van der Waals surface area contributed by atoms with Crippen LogP contribution in [0.25, 0.3) is 0 Å². The van der Waals surface area contributed by atoms with Crippen LogP contribution in [0.2, 0.25) is 0 Å². The number of aryl methyl sites for hydroxylation is 2. The minimum absolute atomic E-state index is 0. The van der Waals surface area contributed by atoms with E-state index in [-0.39, 0.29) is 69.3 Å². The van der Waals surface area contributed by atoms with Crippen LogP contribution in [0.5, 0.6) is 0 Å². The summed E-state index contributed by atoms with van der Waals surface area (Å²) in [5.74, 6) is 0. The van der Waals surface area contributed by atoms with Crippen LogP contribution < -0.4 is 56.8 Å². The third-order valence-electron chi connectivity index (χ3n) is 2.06. The van der Waals surface area contributed by atoms with Crippen molar-refractivity contribution in [3.05, 3.63) is 11.4 Å². The molecule has 1 heterocycles. The van der Waals surface area contributed by atoms with E-state index in [1.807, 2.05) is 0 Å². The summed E-state index contributed by atoms with van der Waals surface area (Å²) in [5, 5.41) is 3.64. The van der Waals surface area contributed by atoms with E-state index >= 15 is 0 Å². The summed E-state index contributed by atoms with van der Waals surface area (Å²) < 4.78 is 50.5. The molecule has 0 fully saturated rings. The zero-order valence-electron chi connectivity index (χ0n) is 8.90. The standard InChI is InChI=1S/C7H10BF4N2.K/c1-5-7(8(10,11)12)6(2)14(13-5)4-3-9;/h3-4H2,1-2H3;/q-1;+1. The van der Waals surface area contributed by atoms with Crippen molar-refractivity contribution < 1.29 is 68.7 Å². The van der Waals surface area contributed by atoms with E-state index in [1.165, 1.54) is 13.8 Å². The molecule has 0 N–H and O–H groups in total. The minimum atomic E-state index is -5.05. The predicted octanol–water partition coefficient (Wildman–Crippen LogP) is -1.47. The Bertz CT molecular complexity index is 336. The van der Waals surface area contributed by atoms with Gasteiger partial charge in [0, 0.05) is 11.4 Å². The van der Waals surface area contributed by atoms with Crippen LogP contribution >= 0.6 is 0 Å². The number of hydrogen-bond acceptors (Lipinski definition) is 1. The van der Waals surface area contributed by atoms with Crippen LogP contribution in [0.1, 0.15) is 11.4 Å². The number of alkyl halides is 1. The smallest absolute Gasteiger partial charge is 0.445 e. The van der Waals surface area contributed by atoms with Gasteiger partial charge in [-0.2, -0.15) is 5.10 Å². The molecule has 8 heteroatoms. The number of rotatable bonds is 3. The van der Waals surface area contributed by atoms with Crippen LogP contribution in [-0.2, 0) is 6.54 Å². The van der Waals surface area contributed by atoms with Gasteiger partial charge < -0.3 is 12.9 Å². The first-order valence-corrected chi connectivity index (χ1v) is 4.17. The molecule has 80 valence electrons. The zero-order chi connectivity index (χ0) is 10.9. The first kappa shape index (κ1) is 15.6. The molecule has 1 aromatic heterocycles. The van der Waals surface area contributed by atoms with Crippen LogP contribution in [0.15, 0.2) is 0 Å². The molecule has 2 nitrogen and oxygen atoms in total. The van der Waals surface area contributed by atoms with Crippen molar-refractivity contribution in [1.29, 1.82) is 0 Å². The SMILES string of the molecule is Cc1nn(CCF)c(C)c1[B-](F)(F)F.[K+]. The van der Waals surface area contributed by atoms with E-state index in [0.717, 1.165) is 4.68 Å². The summed E-state index contributed by atoms with van der Waals surface area (Å²) in [6, 6.07) is 0. The summed E-state index contributed by atoms with van der Waals surface area (Å²) in [6.45, 7) is -3.31. The Hall–Kier alpha value is 0.631. The molecule has 1 aromatic rings. The van der Waals surface area contributed by atoms with Crippen LogP contribution in [0.3, 0.4) is 0 Å². The van der Waals surface area contributed by atoms with Gasteiger partial charge in [0.25, 0.3) is 0 Å². The monoisotopic (exact) mass is 248 g/mol. The summed E-state index contributed by atoms with van der Waals surface area (Å²) >= 11 is 0. The molecule has 0 radical (unpaired) electrons. The number of halogens is 4. The molecule has 0 spiro atoms. The number of hydrogen-bond donors (Lipinski definition) is 0. The largest absolute Gasteiger partial charge is 1.00 e. The zero-order valence-corrected chi connectivity index (χ0v) is 12.0. The van der Waals surface area contributed by atoms with Crippen molar-refractivity contribution in [1.82, 2.24) is 9.78 Å². The average Bonchev–Trinajstić information content (AvgIpc) is 2.26. The van der Waals surface area contributed by atoms with Gasteiger partial charge in [-0.25, -0.2) is 4.39 Å². The second kappa shape index (κ2) is 5.81. The maximum atomic E-state index is 12.5. The van der Waals surface area contributed by atoms with Gasteiger partial charge in [0.2, 0.25) is 0 Å². The molecule has 0 atom stereocenters. The van der Waals surface area contributed by atoms with Crippen molar-refractivity contribution in [3.8, 4) is 0 Å². The molecule has 0 aliphatic rings. The quantitative estimate of drug-likeness (QED) is 0.471. The van der Waals surface area contributed by atoms with Gasteiger partial charge in [-0.15, -0.1) is 0 Å². The predicted molar refractivity (Wildman–Crippen MR) is 46.4 cm³/mol. The van der Waals surface area contributed by atoms with E-state index in [2.05, 4.69) is 5.10 Å². The van der Waals surface area contributed by atoms with Crippen molar-refractivity contribution in [2.45, 2.75) is 20.4 Å². The molecule has 0 aliphatic carbocycles. The third-order valence-corrected chi connectivity index (χ3v) is 2.06. The summed E-state index contributed by atoms with van der Waals surface area (Å²) in [5.41, 5.74) is -0.783. The normalized spacial score (nSPS) is 11.3. The van der Waals surface area contributed by atoms with Gasteiger partial charge in [0.15, 0.2) is 0 Å². The Morgan fingerprint density at radius 3 is 2.13 bits per heavy atom. The topological polar surface area (TPSA) is 17.8 Å². The van der Waals surface area contributed by atoms with Gasteiger partial charge in [-0.05, 0) is 13.8 Å². The van der Waals surface area contributed by atoms with E-state index in [1.54, 1.807) is 0 Å². The molecule has 0 saturated heterocycles. The van der Waals surface area contributed by atoms with Gasteiger partial charge in [0.05, 0.1) is 6.54 Å². The maximum absolute atomic E-state index is 12.5. The maximum Gasteiger partial charge on any atom is 1.00 e. The van der Waals surface area contributed by atoms with Crippen molar-refractivity contribution >= 4 is 12.4 Å². The molecule has 0 bridgehead atoms. The van der Waals surface area contributed by atoms with E-state index in [4.69, 9.17) is 0 Å². The van der Waals surface area contributed by atoms with Crippen LogP contribution in [0, 0.1) is 13.8 Å². The number of aromatic nitrogens is 2. The fraction of sp³-hybridized carbons (Fsp3) is 0.571. The van der Waals surface area contributed by atoms with Crippen LogP contribution in [-0.4, -0.2) is 23.4 Å². The number of nitrogens with zero attached hydrogens (tertiary/aromatic N) is 2. The summed E-state index contributed by atoms with van der Waals surface area (Å²) in [7, 11) is 0. The fourth-order valence-electron chi connectivity index (χ4n) is 1.48. The third kappa shape index (κ3) is 3.55. The molecular formula is C7H10BF4KN2. The molecular weight excluding hydrogens is 238 g/mol. The Kier molecular flexibility index (Phi) is 6.05. The van der Waals surface area contributed by atoms with Gasteiger partial charge in [0.1, 0.15) is 6.67 Å². The van der Waals surface area contributed by atoms with E-state index in [9.17, 15) is 17.3 Å². The second-order valence-electron chi connectivity index (χ2n) is 3.07. The van der Waals surface area contributed by atoms with Gasteiger partial charge in [-0.1, -0.05) is 5.46 Å². The second-order valence-corrected chi connectivity index (χ2v) is 3.07. The molecule has 15 heavy (non-hydrogen) atoms. The van der Waals surface area contributed by atoms with Gasteiger partial charge >= 0.3 is 58.4 Å². The minimum Gasteiger partial charge on any atom is -0.445 e. The van der Waals surface area contributed by atoms with Crippen molar-refractivity contribution in [2.24, 2.45) is 0 Å². The molecule has 0 unspecified atom stereocenters. The van der Waals surface area contributed by atoms with Gasteiger partial charge in [-0.3, -0.25) is 4.68 Å². The first-order chi connectivity index (χ1) is 6.38. The first-order valence-electron chi connectivity index (χ1n) is 4.17. The molecule has 0 aliphatic heterocycles. The average molecular weight is 248 g/mol. The summed E-state index contributed by atoms with van der Waals surface area (Å²) in [6.07, 6.45) is 0. The Morgan fingerprint density at radius 1 is 1.27 bits per heavy atom. The van der Waals surface area contributed by atoms with E-state index in [0.29, 0.717) is 0 Å².